The Labute approximate surface area is 145 Å². The molecule has 6 heteroatoms. The van der Waals surface area contributed by atoms with Crippen molar-refractivity contribution in [1.82, 2.24) is 14.6 Å². The SMILES string of the molecule is O=C(Nc1nc2cc(OC3CCCCC3)ccn2n1)c1ccccc1. The monoisotopic (exact) mass is 336 g/mol. The zero-order valence-electron chi connectivity index (χ0n) is 13.9. The largest absolute Gasteiger partial charge is 0.490 e. The number of carbonyl (C=O) groups is 1. The summed E-state index contributed by atoms with van der Waals surface area (Å²) in [6, 6.07) is 12.8. The van der Waals surface area contributed by atoms with E-state index in [1.807, 2.05) is 30.3 Å². The Morgan fingerprint density at radius 1 is 1.12 bits per heavy atom. The average molecular weight is 336 g/mol. The van der Waals surface area contributed by atoms with E-state index in [0.717, 1.165) is 18.6 Å². The van der Waals surface area contributed by atoms with Gasteiger partial charge in [-0.1, -0.05) is 24.6 Å². The molecular weight excluding hydrogens is 316 g/mol. The van der Waals surface area contributed by atoms with Crippen LogP contribution in [0.15, 0.2) is 48.7 Å². The predicted molar refractivity (Wildman–Crippen MR) is 94.9 cm³/mol. The van der Waals surface area contributed by atoms with Gasteiger partial charge in [0, 0.05) is 17.8 Å². The Balaban J connectivity index is 1.49. The van der Waals surface area contributed by atoms with Crippen LogP contribution in [0.5, 0.6) is 5.75 Å². The van der Waals surface area contributed by atoms with Crippen LogP contribution in [0, 0.1) is 0 Å². The van der Waals surface area contributed by atoms with Crippen molar-refractivity contribution < 1.29 is 9.53 Å². The third kappa shape index (κ3) is 3.63. The van der Waals surface area contributed by atoms with Gasteiger partial charge >= 0.3 is 0 Å². The number of hydrogen-bond acceptors (Lipinski definition) is 4. The number of ether oxygens (including phenoxy) is 1. The second-order valence-corrected chi connectivity index (χ2v) is 6.30. The zero-order valence-corrected chi connectivity index (χ0v) is 13.9. The van der Waals surface area contributed by atoms with Crippen molar-refractivity contribution in [2.45, 2.75) is 38.2 Å². The Bertz CT molecular complexity index is 870. The van der Waals surface area contributed by atoms with Crippen LogP contribution in [0.2, 0.25) is 0 Å². The Hall–Kier alpha value is -2.89. The fourth-order valence-electron chi connectivity index (χ4n) is 3.13. The molecule has 6 nitrogen and oxygen atoms in total. The molecule has 1 aliphatic carbocycles. The number of aromatic nitrogens is 3. The van der Waals surface area contributed by atoms with E-state index in [2.05, 4.69) is 15.4 Å². The summed E-state index contributed by atoms with van der Waals surface area (Å²) in [5.74, 6) is 0.853. The number of pyridine rings is 1. The molecule has 0 atom stereocenters. The van der Waals surface area contributed by atoms with E-state index < -0.39 is 0 Å². The molecule has 1 fully saturated rings. The van der Waals surface area contributed by atoms with Crippen LogP contribution in [-0.4, -0.2) is 26.6 Å². The van der Waals surface area contributed by atoms with Gasteiger partial charge in [0.1, 0.15) is 5.75 Å². The van der Waals surface area contributed by atoms with E-state index >= 15 is 0 Å². The molecule has 0 radical (unpaired) electrons. The van der Waals surface area contributed by atoms with Crippen LogP contribution < -0.4 is 10.1 Å². The first kappa shape index (κ1) is 15.6. The van der Waals surface area contributed by atoms with Crippen LogP contribution >= 0.6 is 0 Å². The fraction of sp³-hybridized carbons (Fsp3) is 0.316. The molecule has 1 aliphatic rings. The number of rotatable bonds is 4. The number of fused-ring (bicyclic) bond motifs is 1. The summed E-state index contributed by atoms with van der Waals surface area (Å²) < 4.78 is 7.69. The van der Waals surface area contributed by atoms with Crippen molar-refractivity contribution in [2.24, 2.45) is 0 Å². The summed E-state index contributed by atoms with van der Waals surface area (Å²) in [5, 5.41) is 7.01. The minimum absolute atomic E-state index is 0.227. The first-order chi connectivity index (χ1) is 12.3. The third-order valence-corrected chi connectivity index (χ3v) is 4.43. The zero-order chi connectivity index (χ0) is 17.1. The maximum absolute atomic E-state index is 12.2. The third-order valence-electron chi connectivity index (χ3n) is 4.43. The summed E-state index contributed by atoms with van der Waals surface area (Å²) >= 11 is 0. The number of nitrogens with zero attached hydrogens (tertiary/aromatic N) is 3. The van der Waals surface area contributed by atoms with E-state index in [9.17, 15) is 4.79 Å². The average Bonchev–Trinajstić information content (AvgIpc) is 3.05. The van der Waals surface area contributed by atoms with Crippen LogP contribution in [0.25, 0.3) is 5.65 Å². The Morgan fingerprint density at radius 2 is 1.92 bits per heavy atom. The molecule has 0 bridgehead atoms. The predicted octanol–water partition coefficient (Wildman–Crippen LogP) is 3.69. The minimum atomic E-state index is -0.227. The van der Waals surface area contributed by atoms with Gasteiger partial charge in [0.15, 0.2) is 5.65 Å². The highest BCUT2D eigenvalue weighted by atomic mass is 16.5. The van der Waals surface area contributed by atoms with Gasteiger partial charge in [-0.2, -0.15) is 4.98 Å². The summed E-state index contributed by atoms with van der Waals surface area (Å²) in [7, 11) is 0. The Kier molecular flexibility index (Phi) is 4.33. The van der Waals surface area contributed by atoms with Gasteiger partial charge < -0.3 is 4.74 Å². The molecule has 1 saturated carbocycles. The highest BCUT2D eigenvalue weighted by Gasteiger charge is 2.16. The van der Waals surface area contributed by atoms with Crippen molar-refractivity contribution in [2.75, 3.05) is 5.32 Å². The number of hydrogen-bond donors (Lipinski definition) is 1. The minimum Gasteiger partial charge on any atom is -0.490 e. The van der Waals surface area contributed by atoms with Crippen molar-refractivity contribution in [1.29, 1.82) is 0 Å². The lowest BCUT2D eigenvalue weighted by molar-refractivity contribution is 0.102. The molecule has 0 saturated heterocycles. The van der Waals surface area contributed by atoms with Gasteiger partial charge in [-0.15, -0.1) is 5.10 Å². The van der Waals surface area contributed by atoms with Gasteiger partial charge in [0.2, 0.25) is 5.95 Å². The van der Waals surface area contributed by atoms with Crippen LogP contribution in [0.1, 0.15) is 42.5 Å². The maximum atomic E-state index is 12.2. The highest BCUT2D eigenvalue weighted by Crippen LogP contribution is 2.24. The van der Waals surface area contributed by atoms with Crippen molar-refractivity contribution in [3.8, 4) is 5.75 Å². The molecule has 0 spiro atoms. The summed E-state index contributed by atoms with van der Waals surface area (Å²) in [6.45, 7) is 0. The molecule has 2 heterocycles. The first-order valence-corrected chi connectivity index (χ1v) is 8.67. The van der Waals surface area contributed by atoms with E-state index in [1.165, 1.54) is 19.3 Å². The van der Waals surface area contributed by atoms with Crippen LogP contribution in [0.3, 0.4) is 0 Å². The second-order valence-electron chi connectivity index (χ2n) is 6.30. The van der Waals surface area contributed by atoms with Gasteiger partial charge in [0.25, 0.3) is 5.91 Å². The number of benzene rings is 1. The topological polar surface area (TPSA) is 68.5 Å². The van der Waals surface area contributed by atoms with Gasteiger partial charge in [-0.25, -0.2) is 4.52 Å². The molecule has 2 aromatic heterocycles. The van der Waals surface area contributed by atoms with E-state index in [-0.39, 0.29) is 18.0 Å². The number of carbonyl (C=O) groups excluding carboxylic acids is 1. The standard InChI is InChI=1S/C19H20N4O2/c24-18(14-7-3-1-4-8-14)21-19-20-17-13-16(11-12-23(17)22-19)25-15-9-5-2-6-10-15/h1,3-4,7-8,11-13,15H,2,5-6,9-10H2,(H,21,22,24). The quantitative estimate of drug-likeness (QED) is 0.789. The molecule has 25 heavy (non-hydrogen) atoms. The van der Waals surface area contributed by atoms with Crippen molar-refractivity contribution in [3.63, 3.8) is 0 Å². The van der Waals surface area contributed by atoms with Crippen LogP contribution in [0.4, 0.5) is 5.95 Å². The molecule has 0 unspecified atom stereocenters. The molecule has 1 N–H and O–H groups in total. The smallest absolute Gasteiger partial charge is 0.258 e. The van der Waals surface area contributed by atoms with Crippen LogP contribution in [-0.2, 0) is 0 Å². The molecule has 3 aromatic rings. The second kappa shape index (κ2) is 6.93. The lowest BCUT2D eigenvalue weighted by atomic mass is 9.98. The lowest BCUT2D eigenvalue weighted by Crippen LogP contribution is -2.19. The molecule has 0 aliphatic heterocycles. The number of anilines is 1. The molecular formula is C19H20N4O2. The van der Waals surface area contributed by atoms with Gasteiger partial charge in [-0.05, 0) is 43.9 Å². The van der Waals surface area contributed by atoms with Gasteiger partial charge in [-0.3, -0.25) is 10.1 Å². The normalized spacial score (nSPS) is 15.2. The summed E-state index contributed by atoms with van der Waals surface area (Å²) in [6.07, 6.45) is 8.07. The molecule has 128 valence electrons. The van der Waals surface area contributed by atoms with Crippen molar-refractivity contribution in [3.05, 3.63) is 54.2 Å². The maximum Gasteiger partial charge on any atom is 0.258 e. The van der Waals surface area contributed by atoms with E-state index in [1.54, 1.807) is 22.8 Å². The van der Waals surface area contributed by atoms with Crippen molar-refractivity contribution >= 4 is 17.5 Å². The first-order valence-electron chi connectivity index (χ1n) is 8.67. The van der Waals surface area contributed by atoms with E-state index in [0.29, 0.717) is 11.2 Å². The number of nitrogens with one attached hydrogen (secondary N) is 1. The highest BCUT2D eigenvalue weighted by molar-refractivity contribution is 6.03. The Morgan fingerprint density at radius 3 is 2.72 bits per heavy atom. The lowest BCUT2D eigenvalue weighted by Gasteiger charge is -2.22. The summed E-state index contributed by atoms with van der Waals surface area (Å²) in [5.41, 5.74) is 1.22. The fourth-order valence-corrected chi connectivity index (χ4v) is 3.13. The number of amides is 1. The molecule has 1 amide bonds. The molecule has 1 aromatic carbocycles. The summed E-state index contributed by atoms with van der Waals surface area (Å²) in [4.78, 5) is 16.6. The van der Waals surface area contributed by atoms with E-state index in [4.69, 9.17) is 4.74 Å². The molecule has 4 rings (SSSR count). The van der Waals surface area contributed by atoms with Gasteiger partial charge in [0.05, 0.1) is 6.10 Å².